The van der Waals surface area contributed by atoms with E-state index in [4.69, 9.17) is 0 Å². The second-order valence-corrected chi connectivity index (χ2v) is 4.85. The highest BCUT2D eigenvalue weighted by Crippen LogP contribution is 2.46. The molecular formula is C10H13NS. The molecule has 0 spiro atoms. The molecule has 0 aliphatic carbocycles. The Balaban J connectivity index is 2.33. The van der Waals surface area contributed by atoms with Gasteiger partial charge in [-0.1, -0.05) is 30.8 Å². The van der Waals surface area contributed by atoms with Gasteiger partial charge in [0.1, 0.15) is 0 Å². The number of thioether (sulfide) groups is 1. The Bertz CT molecular complexity index is 271. The van der Waals surface area contributed by atoms with Crippen LogP contribution in [-0.4, -0.2) is 4.87 Å². The summed E-state index contributed by atoms with van der Waals surface area (Å²) >= 11 is 1.93. The minimum Gasteiger partial charge on any atom is -0.370 e. The molecule has 2 heteroatoms. The maximum Gasteiger partial charge on any atom is 0.0849 e. The molecule has 1 N–H and O–H groups in total. The number of para-hydroxylation sites is 1. The van der Waals surface area contributed by atoms with Gasteiger partial charge >= 0.3 is 0 Å². The summed E-state index contributed by atoms with van der Waals surface area (Å²) in [7, 11) is 0. The summed E-state index contributed by atoms with van der Waals surface area (Å²) in [6.45, 7) is 4.46. The summed E-state index contributed by atoms with van der Waals surface area (Å²) in [5, 5.41) is 3.52. The van der Waals surface area contributed by atoms with Crippen LogP contribution in [0.3, 0.4) is 0 Å². The Morgan fingerprint density at radius 2 is 2.17 bits per heavy atom. The summed E-state index contributed by atoms with van der Waals surface area (Å²) in [6.07, 6.45) is 1.15. The van der Waals surface area contributed by atoms with E-state index >= 15 is 0 Å². The summed E-state index contributed by atoms with van der Waals surface area (Å²) in [6, 6.07) is 8.49. The highest BCUT2D eigenvalue weighted by atomic mass is 32.2. The molecule has 0 amide bonds. The Kier molecular flexibility index (Phi) is 1.80. The minimum absolute atomic E-state index is 0.212. The van der Waals surface area contributed by atoms with Crippen molar-refractivity contribution in [1.29, 1.82) is 0 Å². The number of anilines is 1. The zero-order valence-corrected chi connectivity index (χ0v) is 8.24. The molecule has 0 unspecified atom stereocenters. The van der Waals surface area contributed by atoms with Gasteiger partial charge in [-0.05, 0) is 25.5 Å². The van der Waals surface area contributed by atoms with Gasteiger partial charge in [0.2, 0.25) is 0 Å². The van der Waals surface area contributed by atoms with Crippen molar-refractivity contribution >= 4 is 17.4 Å². The smallest absolute Gasteiger partial charge is 0.0849 e. The average Bonchev–Trinajstić information content (AvgIpc) is 2.42. The zero-order valence-electron chi connectivity index (χ0n) is 7.42. The fourth-order valence-corrected chi connectivity index (χ4v) is 2.54. The molecule has 64 valence electrons. The number of benzene rings is 1. The molecule has 1 nitrogen and oxygen atoms in total. The van der Waals surface area contributed by atoms with Gasteiger partial charge in [-0.3, -0.25) is 0 Å². The first-order valence-electron chi connectivity index (χ1n) is 4.30. The van der Waals surface area contributed by atoms with E-state index in [1.54, 1.807) is 0 Å². The van der Waals surface area contributed by atoms with Gasteiger partial charge in [-0.15, -0.1) is 0 Å². The lowest BCUT2D eigenvalue weighted by molar-refractivity contribution is 0.711. The fourth-order valence-electron chi connectivity index (χ4n) is 1.37. The largest absolute Gasteiger partial charge is 0.370 e. The molecule has 1 aromatic carbocycles. The highest BCUT2D eigenvalue weighted by Gasteiger charge is 2.30. The van der Waals surface area contributed by atoms with Gasteiger partial charge < -0.3 is 5.32 Å². The Labute approximate surface area is 77.6 Å². The van der Waals surface area contributed by atoms with E-state index in [2.05, 4.69) is 43.4 Å². The zero-order chi connectivity index (χ0) is 8.60. The van der Waals surface area contributed by atoms with E-state index in [1.807, 2.05) is 11.8 Å². The van der Waals surface area contributed by atoms with Crippen LogP contribution in [0.1, 0.15) is 20.3 Å². The number of rotatable bonds is 1. The third-order valence-electron chi connectivity index (χ3n) is 2.30. The minimum atomic E-state index is 0.212. The van der Waals surface area contributed by atoms with Gasteiger partial charge in [-0.2, -0.15) is 0 Å². The van der Waals surface area contributed by atoms with Crippen LogP contribution in [0.15, 0.2) is 29.2 Å². The number of nitrogens with one attached hydrogen (secondary N) is 1. The van der Waals surface area contributed by atoms with Gasteiger partial charge in [0, 0.05) is 10.6 Å². The monoisotopic (exact) mass is 179 g/mol. The lowest BCUT2D eigenvalue weighted by Crippen LogP contribution is -2.24. The normalized spacial score (nSPS) is 26.5. The van der Waals surface area contributed by atoms with Gasteiger partial charge in [0.25, 0.3) is 0 Å². The molecule has 0 bridgehead atoms. The summed E-state index contributed by atoms with van der Waals surface area (Å²) in [4.78, 5) is 1.59. The summed E-state index contributed by atoms with van der Waals surface area (Å²) in [5.74, 6) is 0. The van der Waals surface area contributed by atoms with Crippen LogP contribution in [0.5, 0.6) is 0 Å². The van der Waals surface area contributed by atoms with E-state index in [-0.39, 0.29) is 4.87 Å². The van der Waals surface area contributed by atoms with Crippen molar-refractivity contribution in [3.8, 4) is 0 Å². The van der Waals surface area contributed by atoms with Crippen molar-refractivity contribution in [2.24, 2.45) is 0 Å². The van der Waals surface area contributed by atoms with Crippen molar-refractivity contribution in [1.82, 2.24) is 0 Å². The predicted octanol–water partition coefficient (Wildman–Crippen LogP) is 3.33. The molecule has 2 rings (SSSR count). The maximum atomic E-state index is 3.52. The van der Waals surface area contributed by atoms with Crippen molar-refractivity contribution in [2.75, 3.05) is 5.32 Å². The van der Waals surface area contributed by atoms with Crippen LogP contribution in [0.4, 0.5) is 5.69 Å². The summed E-state index contributed by atoms with van der Waals surface area (Å²) in [5.41, 5.74) is 1.28. The average molecular weight is 179 g/mol. The Morgan fingerprint density at radius 3 is 2.83 bits per heavy atom. The molecule has 12 heavy (non-hydrogen) atoms. The first kappa shape index (κ1) is 7.99. The Morgan fingerprint density at radius 1 is 1.42 bits per heavy atom. The second-order valence-electron chi connectivity index (χ2n) is 3.31. The van der Waals surface area contributed by atoms with Gasteiger partial charge in [-0.25, -0.2) is 0 Å². The van der Waals surface area contributed by atoms with Gasteiger partial charge in [0.15, 0.2) is 0 Å². The van der Waals surface area contributed by atoms with E-state index in [0.717, 1.165) is 6.42 Å². The van der Waals surface area contributed by atoms with E-state index in [0.29, 0.717) is 0 Å². The molecule has 1 atom stereocenters. The Hall–Kier alpha value is -0.630. The maximum absolute atomic E-state index is 3.52. The van der Waals surface area contributed by atoms with Crippen LogP contribution in [0.2, 0.25) is 0 Å². The van der Waals surface area contributed by atoms with Crippen LogP contribution >= 0.6 is 11.8 Å². The molecule has 1 heterocycles. The van der Waals surface area contributed by atoms with Gasteiger partial charge in [0.05, 0.1) is 4.87 Å². The predicted molar refractivity (Wildman–Crippen MR) is 54.6 cm³/mol. The third kappa shape index (κ3) is 1.20. The first-order chi connectivity index (χ1) is 5.73. The molecule has 0 saturated heterocycles. The van der Waals surface area contributed by atoms with Crippen molar-refractivity contribution < 1.29 is 0 Å². The number of hydrogen-bond donors (Lipinski definition) is 1. The number of fused-ring (bicyclic) bond motifs is 1. The van der Waals surface area contributed by atoms with Crippen molar-refractivity contribution in [3.05, 3.63) is 24.3 Å². The molecular weight excluding hydrogens is 166 g/mol. The summed E-state index contributed by atoms with van der Waals surface area (Å²) < 4.78 is 0. The molecule has 0 saturated carbocycles. The molecule has 0 fully saturated rings. The van der Waals surface area contributed by atoms with E-state index < -0.39 is 0 Å². The van der Waals surface area contributed by atoms with Crippen LogP contribution in [0, 0.1) is 0 Å². The fraction of sp³-hybridized carbons (Fsp3) is 0.400. The molecule has 1 aromatic rings. The van der Waals surface area contributed by atoms with Crippen LogP contribution in [-0.2, 0) is 0 Å². The highest BCUT2D eigenvalue weighted by molar-refractivity contribution is 8.01. The van der Waals surface area contributed by atoms with Crippen LogP contribution in [0.25, 0.3) is 0 Å². The quantitative estimate of drug-likeness (QED) is 0.709. The van der Waals surface area contributed by atoms with Crippen molar-refractivity contribution in [3.63, 3.8) is 0 Å². The lowest BCUT2D eigenvalue weighted by atomic mass is 10.2. The lowest BCUT2D eigenvalue weighted by Gasteiger charge is -2.21. The molecule has 1 aliphatic heterocycles. The standard InChI is InChI=1S/C10H13NS/c1-3-10(2)11-8-6-4-5-7-9(8)12-10/h4-7,11H,3H2,1-2H3/t10-/m0/s1. The van der Waals surface area contributed by atoms with Crippen LogP contribution < -0.4 is 5.32 Å². The topological polar surface area (TPSA) is 12.0 Å². The van der Waals surface area contributed by atoms with E-state index in [1.165, 1.54) is 10.6 Å². The van der Waals surface area contributed by atoms with Crippen molar-refractivity contribution in [2.45, 2.75) is 30.0 Å². The number of hydrogen-bond acceptors (Lipinski definition) is 2. The molecule has 1 aliphatic rings. The molecule has 0 radical (unpaired) electrons. The SMILES string of the molecule is CC[C@@]1(C)Nc2ccccc2S1. The van der Waals surface area contributed by atoms with E-state index in [9.17, 15) is 0 Å². The second kappa shape index (κ2) is 2.70. The first-order valence-corrected chi connectivity index (χ1v) is 5.11. The molecule has 0 aromatic heterocycles. The third-order valence-corrected chi connectivity index (χ3v) is 3.71.